The van der Waals surface area contributed by atoms with Crippen molar-refractivity contribution in [2.24, 2.45) is 0 Å². The molecule has 6 nitrogen and oxygen atoms in total. The van der Waals surface area contributed by atoms with Crippen molar-refractivity contribution in [1.29, 1.82) is 0 Å². The number of nitrogens with zero attached hydrogens (tertiary/aromatic N) is 2. The van der Waals surface area contributed by atoms with E-state index in [0.29, 0.717) is 13.0 Å². The van der Waals surface area contributed by atoms with Crippen LogP contribution in [-0.2, 0) is 16.6 Å². The van der Waals surface area contributed by atoms with Gasteiger partial charge in [0.2, 0.25) is 0 Å². The molecule has 0 radical (unpaired) electrons. The predicted octanol–water partition coefficient (Wildman–Crippen LogP) is 1.86. The number of hydrogen-bond acceptors (Lipinski definition) is 4. The van der Waals surface area contributed by atoms with Crippen molar-refractivity contribution in [3.05, 3.63) is 41.4 Å². The van der Waals surface area contributed by atoms with Crippen molar-refractivity contribution >= 4 is 27.3 Å². The Morgan fingerprint density at radius 3 is 2.81 bits per heavy atom. The molecule has 0 fully saturated rings. The highest BCUT2D eigenvalue weighted by Gasteiger charge is 2.17. The van der Waals surface area contributed by atoms with Gasteiger partial charge in [0.05, 0.1) is 11.9 Å². The summed E-state index contributed by atoms with van der Waals surface area (Å²) in [7, 11) is -3.87. The SMILES string of the molecule is O=S(=O)(Nc1cc(F)cc(Cl)c1)c1cnn(CCCO)c1. The molecule has 1 heterocycles. The molecule has 114 valence electrons. The van der Waals surface area contributed by atoms with Gasteiger partial charge < -0.3 is 5.11 Å². The van der Waals surface area contributed by atoms with Crippen LogP contribution in [-0.4, -0.2) is 29.9 Å². The average Bonchev–Trinajstić information content (AvgIpc) is 2.84. The summed E-state index contributed by atoms with van der Waals surface area (Å²) in [6.07, 6.45) is 2.98. The zero-order chi connectivity index (χ0) is 15.5. The fourth-order valence-electron chi connectivity index (χ4n) is 1.67. The summed E-state index contributed by atoms with van der Waals surface area (Å²) in [6, 6.07) is 3.41. The van der Waals surface area contributed by atoms with Gasteiger partial charge in [-0.25, -0.2) is 12.8 Å². The molecule has 1 aromatic carbocycles. The van der Waals surface area contributed by atoms with Crippen molar-refractivity contribution in [3.63, 3.8) is 0 Å². The highest BCUT2D eigenvalue weighted by Crippen LogP contribution is 2.21. The van der Waals surface area contributed by atoms with E-state index in [-0.39, 0.29) is 22.2 Å². The summed E-state index contributed by atoms with van der Waals surface area (Å²) in [4.78, 5) is -0.0548. The Hall–Kier alpha value is -1.64. The number of benzene rings is 1. The van der Waals surface area contributed by atoms with Crippen LogP contribution in [0.5, 0.6) is 0 Å². The molecule has 2 N–H and O–H groups in total. The van der Waals surface area contributed by atoms with E-state index < -0.39 is 15.8 Å². The third kappa shape index (κ3) is 4.16. The molecule has 0 spiro atoms. The van der Waals surface area contributed by atoms with Crippen molar-refractivity contribution in [1.82, 2.24) is 9.78 Å². The monoisotopic (exact) mass is 333 g/mol. The van der Waals surface area contributed by atoms with E-state index in [1.807, 2.05) is 0 Å². The number of aliphatic hydroxyl groups excluding tert-OH is 1. The Balaban J connectivity index is 2.19. The van der Waals surface area contributed by atoms with E-state index >= 15 is 0 Å². The molecule has 2 rings (SSSR count). The maximum atomic E-state index is 13.2. The second-order valence-corrected chi connectivity index (χ2v) is 6.40. The molecule has 0 saturated heterocycles. The number of sulfonamides is 1. The van der Waals surface area contributed by atoms with E-state index in [0.717, 1.165) is 12.1 Å². The minimum absolute atomic E-state index is 0.0119. The van der Waals surface area contributed by atoms with Crippen LogP contribution in [0, 0.1) is 5.82 Å². The largest absolute Gasteiger partial charge is 0.396 e. The van der Waals surface area contributed by atoms with Gasteiger partial charge in [0.15, 0.2) is 0 Å². The normalized spacial score (nSPS) is 11.6. The van der Waals surface area contributed by atoms with Crippen LogP contribution >= 0.6 is 11.6 Å². The van der Waals surface area contributed by atoms with Crippen LogP contribution < -0.4 is 4.72 Å². The number of anilines is 1. The summed E-state index contributed by atoms with van der Waals surface area (Å²) in [5.74, 6) is -0.640. The van der Waals surface area contributed by atoms with Crippen LogP contribution in [0.25, 0.3) is 0 Å². The molecule has 0 aliphatic heterocycles. The van der Waals surface area contributed by atoms with Crippen molar-refractivity contribution in [3.8, 4) is 0 Å². The van der Waals surface area contributed by atoms with Gasteiger partial charge in [-0.2, -0.15) is 5.10 Å². The summed E-state index contributed by atoms with van der Waals surface area (Å²) < 4.78 is 41.1. The van der Waals surface area contributed by atoms with Crippen LogP contribution in [0.4, 0.5) is 10.1 Å². The first-order chi connectivity index (χ1) is 9.90. The molecular weight excluding hydrogens is 321 g/mol. The lowest BCUT2D eigenvalue weighted by molar-refractivity contribution is 0.277. The Bertz CT molecular complexity index is 713. The molecular formula is C12H13ClFN3O3S. The molecule has 0 amide bonds. The summed E-state index contributed by atoms with van der Waals surface area (Å²) in [5, 5.41) is 12.7. The van der Waals surface area contributed by atoms with Crippen LogP contribution in [0.3, 0.4) is 0 Å². The average molecular weight is 334 g/mol. The van der Waals surface area contributed by atoms with E-state index in [4.69, 9.17) is 16.7 Å². The number of hydrogen-bond donors (Lipinski definition) is 2. The Morgan fingerprint density at radius 2 is 2.14 bits per heavy atom. The zero-order valence-electron chi connectivity index (χ0n) is 10.8. The summed E-state index contributed by atoms with van der Waals surface area (Å²) in [5.41, 5.74) is 0.0307. The predicted molar refractivity (Wildman–Crippen MR) is 76.1 cm³/mol. The van der Waals surface area contributed by atoms with Gasteiger partial charge >= 0.3 is 0 Å². The molecule has 0 saturated carbocycles. The molecule has 1 aromatic heterocycles. The molecule has 0 bridgehead atoms. The quantitative estimate of drug-likeness (QED) is 0.845. The molecule has 9 heteroatoms. The number of rotatable bonds is 6. The van der Waals surface area contributed by atoms with Gasteiger partial charge in [-0.1, -0.05) is 11.6 Å². The third-order valence-electron chi connectivity index (χ3n) is 2.58. The third-order valence-corrected chi connectivity index (χ3v) is 4.13. The lowest BCUT2D eigenvalue weighted by Gasteiger charge is -2.06. The molecule has 0 aliphatic rings. The van der Waals surface area contributed by atoms with Gasteiger partial charge in [0, 0.05) is 24.4 Å². The van der Waals surface area contributed by atoms with Gasteiger partial charge in [0.25, 0.3) is 10.0 Å². The molecule has 21 heavy (non-hydrogen) atoms. The minimum Gasteiger partial charge on any atom is -0.396 e. The fourth-order valence-corrected chi connectivity index (χ4v) is 2.88. The summed E-state index contributed by atoms with van der Waals surface area (Å²) >= 11 is 5.67. The Morgan fingerprint density at radius 1 is 1.38 bits per heavy atom. The zero-order valence-corrected chi connectivity index (χ0v) is 12.4. The highest BCUT2D eigenvalue weighted by molar-refractivity contribution is 7.92. The van der Waals surface area contributed by atoms with Gasteiger partial charge in [-0.05, 0) is 24.6 Å². The first kappa shape index (κ1) is 15.7. The Labute approximate surface area is 126 Å². The van der Waals surface area contributed by atoms with Crippen molar-refractivity contribution < 1.29 is 17.9 Å². The van der Waals surface area contributed by atoms with Gasteiger partial charge in [-0.15, -0.1) is 0 Å². The molecule has 2 aromatic rings. The maximum absolute atomic E-state index is 13.2. The standard InChI is InChI=1S/C12H13ClFN3O3S/c13-9-4-10(14)6-11(5-9)16-21(19,20)12-7-15-17(8-12)2-1-3-18/h4-8,16,18H,1-3H2. The van der Waals surface area contributed by atoms with Crippen LogP contribution in [0.1, 0.15) is 6.42 Å². The molecule has 0 atom stereocenters. The number of halogens is 2. The number of aryl methyl sites for hydroxylation is 1. The highest BCUT2D eigenvalue weighted by atomic mass is 35.5. The topological polar surface area (TPSA) is 84.2 Å². The van der Waals surface area contributed by atoms with E-state index in [2.05, 4.69) is 9.82 Å². The smallest absolute Gasteiger partial charge is 0.265 e. The van der Waals surface area contributed by atoms with Crippen molar-refractivity contribution in [2.75, 3.05) is 11.3 Å². The first-order valence-electron chi connectivity index (χ1n) is 6.03. The van der Waals surface area contributed by atoms with Crippen LogP contribution in [0.15, 0.2) is 35.5 Å². The first-order valence-corrected chi connectivity index (χ1v) is 7.89. The lowest BCUT2D eigenvalue weighted by Crippen LogP contribution is -2.12. The minimum atomic E-state index is -3.87. The van der Waals surface area contributed by atoms with Gasteiger partial charge in [0.1, 0.15) is 10.7 Å². The number of aliphatic hydroxyl groups is 1. The second-order valence-electron chi connectivity index (χ2n) is 4.28. The van der Waals surface area contributed by atoms with E-state index in [1.54, 1.807) is 0 Å². The Kier molecular flexibility index (Phi) is 4.81. The number of nitrogens with one attached hydrogen (secondary N) is 1. The molecule has 0 unspecified atom stereocenters. The second kappa shape index (κ2) is 6.42. The van der Waals surface area contributed by atoms with Crippen LogP contribution in [0.2, 0.25) is 5.02 Å². The molecule has 0 aliphatic carbocycles. The fraction of sp³-hybridized carbons (Fsp3) is 0.250. The maximum Gasteiger partial charge on any atom is 0.265 e. The number of aromatic nitrogens is 2. The summed E-state index contributed by atoms with van der Waals surface area (Å²) in [6.45, 7) is 0.389. The van der Waals surface area contributed by atoms with E-state index in [9.17, 15) is 12.8 Å². The van der Waals surface area contributed by atoms with E-state index in [1.165, 1.54) is 23.1 Å². The van der Waals surface area contributed by atoms with Crippen molar-refractivity contribution in [2.45, 2.75) is 17.9 Å². The van der Waals surface area contributed by atoms with Gasteiger partial charge in [-0.3, -0.25) is 9.40 Å². The lowest BCUT2D eigenvalue weighted by atomic mass is 10.3.